The summed E-state index contributed by atoms with van der Waals surface area (Å²) in [7, 11) is -2.07. The summed E-state index contributed by atoms with van der Waals surface area (Å²) < 4.78 is 24.0. The van der Waals surface area contributed by atoms with Crippen LogP contribution in [-0.2, 0) is 17.1 Å². The lowest BCUT2D eigenvalue weighted by atomic mass is 10.1. The van der Waals surface area contributed by atoms with Crippen LogP contribution in [0.25, 0.3) is 11.4 Å². The number of rotatable bonds is 4. The van der Waals surface area contributed by atoms with E-state index in [9.17, 15) is 13.2 Å². The van der Waals surface area contributed by atoms with Crippen LogP contribution in [0.1, 0.15) is 10.4 Å². The molecule has 1 heterocycles. The highest BCUT2D eigenvalue weighted by molar-refractivity contribution is 7.89. The number of tetrazole rings is 1. The molecule has 128 valence electrons. The summed E-state index contributed by atoms with van der Waals surface area (Å²) in [5.41, 5.74) is 1.56. The van der Waals surface area contributed by atoms with Gasteiger partial charge in [-0.15, -0.1) is 5.10 Å². The first-order chi connectivity index (χ1) is 11.8. The van der Waals surface area contributed by atoms with Crippen molar-refractivity contribution in [3.05, 3.63) is 54.1 Å². The number of carbonyl (C=O) groups excluding carboxylic acids is 1. The summed E-state index contributed by atoms with van der Waals surface area (Å²) in [6.45, 7) is 0. The van der Waals surface area contributed by atoms with Gasteiger partial charge in [-0.25, -0.2) is 18.2 Å². The van der Waals surface area contributed by atoms with Crippen LogP contribution < -0.4 is 10.5 Å². The van der Waals surface area contributed by atoms with Crippen LogP contribution >= 0.6 is 0 Å². The minimum atomic E-state index is -3.77. The zero-order valence-electron chi connectivity index (χ0n) is 13.1. The van der Waals surface area contributed by atoms with Gasteiger partial charge in [0.25, 0.3) is 5.91 Å². The molecule has 1 amide bonds. The van der Waals surface area contributed by atoms with Gasteiger partial charge in [-0.3, -0.25) is 4.79 Å². The Morgan fingerprint density at radius 1 is 1.16 bits per heavy atom. The highest BCUT2D eigenvalue weighted by atomic mass is 32.2. The number of amides is 1. The molecule has 0 saturated carbocycles. The van der Waals surface area contributed by atoms with Crippen LogP contribution in [0.15, 0.2) is 53.4 Å². The van der Waals surface area contributed by atoms with E-state index in [1.54, 1.807) is 31.3 Å². The Bertz CT molecular complexity index is 1030. The molecule has 3 rings (SSSR count). The largest absolute Gasteiger partial charge is 0.322 e. The number of nitrogens with zero attached hydrogens (tertiary/aromatic N) is 4. The lowest BCUT2D eigenvalue weighted by Crippen LogP contribution is -2.14. The first kappa shape index (κ1) is 16.7. The van der Waals surface area contributed by atoms with E-state index in [-0.39, 0.29) is 10.8 Å². The van der Waals surface area contributed by atoms with E-state index in [4.69, 9.17) is 5.14 Å². The van der Waals surface area contributed by atoms with Crippen molar-refractivity contribution < 1.29 is 13.2 Å². The zero-order chi connectivity index (χ0) is 18.0. The number of carbonyl (C=O) groups is 1. The number of sulfonamides is 1. The second-order valence-electron chi connectivity index (χ2n) is 5.23. The molecule has 0 unspecified atom stereocenters. The predicted octanol–water partition coefficient (Wildman–Crippen LogP) is 0.777. The predicted molar refractivity (Wildman–Crippen MR) is 90.0 cm³/mol. The molecule has 10 heteroatoms. The average Bonchev–Trinajstić information content (AvgIpc) is 3.01. The standard InChI is InChI=1S/C15H14N6O3S/c1-21-14(18-19-20-21)10-3-2-4-11(9-10)15(22)17-12-5-7-13(8-6-12)25(16,23)24/h2-9H,1H3,(H,17,22)(H2,16,23,24). The fraction of sp³-hybridized carbons (Fsp3) is 0.0667. The molecule has 9 nitrogen and oxygen atoms in total. The van der Waals surface area contributed by atoms with Gasteiger partial charge < -0.3 is 5.32 Å². The highest BCUT2D eigenvalue weighted by Crippen LogP contribution is 2.18. The number of nitrogens with two attached hydrogens (primary N) is 1. The molecule has 0 radical (unpaired) electrons. The van der Waals surface area contributed by atoms with Crippen LogP contribution in [0.2, 0.25) is 0 Å². The van der Waals surface area contributed by atoms with Crippen molar-refractivity contribution in [2.45, 2.75) is 4.90 Å². The van der Waals surface area contributed by atoms with Crippen LogP contribution in [0.3, 0.4) is 0 Å². The molecule has 1 aromatic heterocycles. The van der Waals surface area contributed by atoms with Crippen LogP contribution in [-0.4, -0.2) is 34.5 Å². The Morgan fingerprint density at radius 2 is 1.88 bits per heavy atom. The quantitative estimate of drug-likeness (QED) is 0.708. The Kier molecular flexibility index (Phi) is 4.30. The van der Waals surface area contributed by atoms with Gasteiger partial charge in [-0.1, -0.05) is 12.1 Å². The van der Waals surface area contributed by atoms with Gasteiger partial charge >= 0.3 is 0 Å². The maximum atomic E-state index is 12.4. The molecule has 0 atom stereocenters. The van der Waals surface area contributed by atoms with Gasteiger partial charge in [0, 0.05) is 23.9 Å². The highest BCUT2D eigenvalue weighted by Gasteiger charge is 2.12. The fourth-order valence-corrected chi connectivity index (χ4v) is 2.72. The van der Waals surface area contributed by atoms with Gasteiger partial charge in [0.15, 0.2) is 5.82 Å². The van der Waals surface area contributed by atoms with Crippen molar-refractivity contribution in [1.82, 2.24) is 20.2 Å². The number of anilines is 1. The van der Waals surface area contributed by atoms with E-state index in [0.29, 0.717) is 22.6 Å². The molecule has 2 aromatic carbocycles. The number of hydrogen-bond donors (Lipinski definition) is 2. The third-order valence-corrected chi connectivity index (χ3v) is 4.37. The average molecular weight is 358 g/mol. The molecule has 3 N–H and O–H groups in total. The smallest absolute Gasteiger partial charge is 0.255 e. The number of nitrogens with one attached hydrogen (secondary N) is 1. The molecular weight excluding hydrogens is 344 g/mol. The van der Waals surface area contributed by atoms with Gasteiger partial charge in [-0.2, -0.15) is 0 Å². The number of benzene rings is 2. The first-order valence-electron chi connectivity index (χ1n) is 7.11. The molecule has 0 spiro atoms. The Labute approximate surface area is 143 Å². The zero-order valence-corrected chi connectivity index (χ0v) is 13.9. The molecule has 3 aromatic rings. The summed E-state index contributed by atoms with van der Waals surface area (Å²) in [5.74, 6) is 0.187. The number of aromatic nitrogens is 4. The third kappa shape index (κ3) is 3.70. The Morgan fingerprint density at radius 3 is 2.48 bits per heavy atom. The van der Waals surface area contributed by atoms with E-state index in [0.717, 1.165) is 0 Å². The molecule has 0 aliphatic carbocycles. The van der Waals surface area contributed by atoms with Crippen molar-refractivity contribution in [1.29, 1.82) is 0 Å². The monoisotopic (exact) mass is 358 g/mol. The topological polar surface area (TPSA) is 133 Å². The number of hydrogen-bond acceptors (Lipinski definition) is 6. The molecule has 0 saturated heterocycles. The summed E-state index contributed by atoms with van der Waals surface area (Å²) >= 11 is 0. The Balaban J connectivity index is 1.81. The normalized spacial score (nSPS) is 11.3. The summed E-state index contributed by atoms with van der Waals surface area (Å²) in [4.78, 5) is 12.4. The SMILES string of the molecule is Cn1nnnc1-c1cccc(C(=O)Nc2ccc(S(N)(=O)=O)cc2)c1. The molecule has 25 heavy (non-hydrogen) atoms. The minimum absolute atomic E-state index is 0.0257. The lowest BCUT2D eigenvalue weighted by molar-refractivity contribution is 0.102. The second kappa shape index (κ2) is 6.42. The van der Waals surface area contributed by atoms with Gasteiger partial charge in [0.2, 0.25) is 10.0 Å². The van der Waals surface area contributed by atoms with Crippen molar-refractivity contribution in [2.24, 2.45) is 12.2 Å². The van der Waals surface area contributed by atoms with Gasteiger partial charge in [0.05, 0.1) is 4.90 Å². The molecular formula is C15H14N6O3S. The number of aryl methyl sites for hydroxylation is 1. The summed E-state index contributed by atoms with van der Waals surface area (Å²) in [6.07, 6.45) is 0. The van der Waals surface area contributed by atoms with Crippen molar-refractivity contribution in [3.8, 4) is 11.4 Å². The van der Waals surface area contributed by atoms with E-state index < -0.39 is 10.0 Å². The first-order valence-corrected chi connectivity index (χ1v) is 8.66. The van der Waals surface area contributed by atoms with Crippen LogP contribution in [0, 0.1) is 0 Å². The molecule has 0 bridgehead atoms. The maximum Gasteiger partial charge on any atom is 0.255 e. The lowest BCUT2D eigenvalue weighted by Gasteiger charge is -2.07. The summed E-state index contributed by atoms with van der Waals surface area (Å²) in [6, 6.07) is 12.4. The molecule has 0 aliphatic heterocycles. The number of primary sulfonamides is 1. The van der Waals surface area contributed by atoms with Crippen molar-refractivity contribution >= 4 is 21.6 Å². The van der Waals surface area contributed by atoms with Crippen molar-refractivity contribution in [2.75, 3.05) is 5.32 Å². The van der Waals surface area contributed by atoms with E-state index in [1.807, 2.05) is 0 Å². The second-order valence-corrected chi connectivity index (χ2v) is 6.79. The Hall–Kier alpha value is -3.11. The van der Waals surface area contributed by atoms with Gasteiger partial charge in [-0.05, 0) is 46.8 Å². The maximum absolute atomic E-state index is 12.4. The van der Waals surface area contributed by atoms with Crippen LogP contribution in [0.4, 0.5) is 5.69 Å². The minimum Gasteiger partial charge on any atom is -0.322 e. The van der Waals surface area contributed by atoms with E-state index in [1.165, 1.54) is 28.9 Å². The fourth-order valence-electron chi connectivity index (χ4n) is 2.20. The van der Waals surface area contributed by atoms with Crippen LogP contribution in [0.5, 0.6) is 0 Å². The van der Waals surface area contributed by atoms with Gasteiger partial charge in [0.1, 0.15) is 0 Å². The van der Waals surface area contributed by atoms with Crippen molar-refractivity contribution in [3.63, 3.8) is 0 Å². The molecule has 0 fully saturated rings. The third-order valence-electron chi connectivity index (χ3n) is 3.44. The van der Waals surface area contributed by atoms with E-state index in [2.05, 4.69) is 20.8 Å². The van der Waals surface area contributed by atoms with E-state index >= 15 is 0 Å². The summed E-state index contributed by atoms with van der Waals surface area (Å²) in [5, 5.41) is 19.0. The molecule has 0 aliphatic rings.